The van der Waals surface area contributed by atoms with Crippen LogP contribution in [0.2, 0.25) is 0 Å². The number of unbranched alkanes of at least 4 members (excludes halogenated alkanes) is 2. The van der Waals surface area contributed by atoms with Gasteiger partial charge in [0, 0.05) is 17.1 Å². The van der Waals surface area contributed by atoms with Gasteiger partial charge < -0.3 is 4.74 Å². The molecule has 4 rings (SSSR count). The van der Waals surface area contributed by atoms with Gasteiger partial charge in [0.1, 0.15) is 5.75 Å². The molecule has 0 aliphatic heterocycles. The highest BCUT2D eigenvalue weighted by Crippen LogP contribution is 2.31. The Bertz CT molecular complexity index is 1270. The summed E-state index contributed by atoms with van der Waals surface area (Å²) in [5, 5.41) is 1.64. The number of pyridine rings is 1. The lowest BCUT2D eigenvalue weighted by Crippen LogP contribution is -2.11. The summed E-state index contributed by atoms with van der Waals surface area (Å²) in [6, 6.07) is 22.4. The highest BCUT2D eigenvalue weighted by molar-refractivity contribution is 6.05. The second-order valence-corrected chi connectivity index (χ2v) is 8.20. The molecular weight excluding hydrogens is 410 g/mol. The van der Waals surface area contributed by atoms with E-state index in [0.29, 0.717) is 16.9 Å². The number of rotatable bonds is 8. The number of ether oxygens (including phenoxy) is 1. The fourth-order valence-corrected chi connectivity index (χ4v) is 3.88. The Morgan fingerprint density at radius 1 is 0.879 bits per heavy atom. The van der Waals surface area contributed by atoms with Crippen molar-refractivity contribution in [2.45, 2.75) is 39.5 Å². The van der Waals surface area contributed by atoms with E-state index in [1.54, 1.807) is 18.2 Å². The summed E-state index contributed by atoms with van der Waals surface area (Å²) in [5.41, 5.74) is 3.84. The first-order valence-electron chi connectivity index (χ1n) is 11.4. The van der Waals surface area contributed by atoms with Crippen molar-refractivity contribution >= 4 is 22.5 Å². The van der Waals surface area contributed by atoms with E-state index in [1.165, 1.54) is 31.7 Å². The first kappa shape index (κ1) is 22.4. The Hall–Kier alpha value is -3.79. The monoisotopic (exact) mass is 437 g/mol. The van der Waals surface area contributed by atoms with Gasteiger partial charge in [-0.3, -0.25) is 9.78 Å². The molecule has 0 unspecified atom stereocenters. The third-order valence-corrected chi connectivity index (χ3v) is 5.76. The van der Waals surface area contributed by atoms with Gasteiger partial charge in [0.15, 0.2) is 5.78 Å². The van der Waals surface area contributed by atoms with Crippen molar-refractivity contribution in [3.05, 3.63) is 95.7 Å². The zero-order valence-electron chi connectivity index (χ0n) is 19.0. The van der Waals surface area contributed by atoms with Gasteiger partial charge in [-0.05, 0) is 55.0 Å². The van der Waals surface area contributed by atoms with Crippen LogP contribution in [0.25, 0.3) is 22.0 Å². The lowest BCUT2D eigenvalue weighted by atomic mass is 10.0. The second-order valence-electron chi connectivity index (χ2n) is 8.20. The summed E-state index contributed by atoms with van der Waals surface area (Å²) in [7, 11) is 0. The topological polar surface area (TPSA) is 56.3 Å². The number of carbonyl (C=O) groups is 2. The van der Waals surface area contributed by atoms with E-state index in [-0.39, 0.29) is 5.78 Å². The molecule has 0 amide bonds. The van der Waals surface area contributed by atoms with Crippen LogP contribution in [0.15, 0.2) is 79.0 Å². The number of ketones is 1. The van der Waals surface area contributed by atoms with Crippen LogP contribution in [-0.4, -0.2) is 16.7 Å². The fraction of sp³-hybridized carbons (Fsp3) is 0.207. The minimum Gasteiger partial charge on any atom is -0.421 e. The van der Waals surface area contributed by atoms with Crippen molar-refractivity contribution in [3.8, 4) is 17.0 Å². The largest absolute Gasteiger partial charge is 0.421 e. The van der Waals surface area contributed by atoms with Gasteiger partial charge in [-0.1, -0.05) is 68.3 Å². The number of fused-ring (bicyclic) bond motifs is 1. The molecule has 4 heteroatoms. The summed E-state index contributed by atoms with van der Waals surface area (Å²) in [6.07, 6.45) is 6.58. The van der Waals surface area contributed by atoms with Gasteiger partial charge in [0.05, 0.1) is 16.8 Å². The Kier molecular flexibility index (Phi) is 6.94. The van der Waals surface area contributed by atoms with Gasteiger partial charge in [0.2, 0.25) is 0 Å². The van der Waals surface area contributed by atoms with Gasteiger partial charge >= 0.3 is 5.97 Å². The van der Waals surface area contributed by atoms with Crippen LogP contribution in [0.3, 0.4) is 0 Å². The van der Waals surface area contributed by atoms with Crippen molar-refractivity contribution in [3.63, 3.8) is 0 Å². The maximum atomic E-state index is 12.9. The lowest BCUT2D eigenvalue weighted by molar-refractivity contribution is 0.0735. The smallest absolute Gasteiger partial charge is 0.343 e. The molecule has 0 radical (unpaired) electrons. The molecule has 0 atom stereocenters. The Morgan fingerprint density at radius 3 is 2.36 bits per heavy atom. The summed E-state index contributed by atoms with van der Waals surface area (Å²) in [5.74, 6) is -0.349. The van der Waals surface area contributed by atoms with Crippen LogP contribution in [0, 0.1) is 0 Å². The first-order chi connectivity index (χ1) is 16.1. The van der Waals surface area contributed by atoms with Crippen LogP contribution in [0.5, 0.6) is 5.75 Å². The molecule has 166 valence electrons. The molecular formula is C29H27NO3. The minimum absolute atomic E-state index is 0.150. The highest BCUT2D eigenvalue weighted by Gasteiger charge is 2.17. The van der Waals surface area contributed by atoms with Crippen molar-refractivity contribution in [1.29, 1.82) is 0 Å². The third kappa shape index (κ3) is 5.17. The summed E-state index contributed by atoms with van der Waals surface area (Å²) in [4.78, 5) is 29.6. The number of nitrogens with zero attached hydrogens (tertiary/aromatic N) is 1. The zero-order chi connectivity index (χ0) is 23.2. The van der Waals surface area contributed by atoms with Crippen molar-refractivity contribution < 1.29 is 14.3 Å². The SMILES string of the molecule is CCCCCc1ccc(-c2ccc(C(=O)Oc3c(C(C)=O)ccc4ccccc34)cc2)nc1. The molecule has 0 saturated carbocycles. The normalized spacial score (nSPS) is 10.8. The van der Waals surface area contributed by atoms with E-state index in [0.717, 1.165) is 28.5 Å². The van der Waals surface area contributed by atoms with Gasteiger partial charge in [-0.25, -0.2) is 4.79 Å². The van der Waals surface area contributed by atoms with E-state index in [2.05, 4.69) is 18.0 Å². The van der Waals surface area contributed by atoms with Crippen LogP contribution < -0.4 is 4.74 Å². The average molecular weight is 438 g/mol. The van der Waals surface area contributed by atoms with E-state index in [4.69, 9.17) is 4.74 Å². The molecule has 0 aliphatic carbocycles. The third-order valence-electron chi connectivity index (χ3n) is 5.76. The van der Waals surface area contributed by atoms with Crippen LogP contribution in [0.4, 0.5) is 0 Å². The predicted molar refractivity (Wildman–Crippen MR) is 132 cm³/mol. The maximum absolute atomic E-state index is 12.9. The second kappa shape index (κ2) is 10.2. The van der Waals surface area contributed by atoms with Crippen LogP contribution in [0.1, 0.15) is 59.4 Å². The molecule has 0 saturated heterocycles. The summed E-state index contributed by atoms with van der Waals surface area (Å²) < 4.78 is 5.74. The van der Waals surface area contributed by atoms with Crippen LogP contribution in [-0.2, 0) is 6.42 Å². The Labute approximate surface area is 194 Å². The van der Waals surface area contributed by atoms with Gasteiger partial charge in [-0.15, -0.1) is 0 Å². The van der Waals surface area contributed by atoms with Gasteiger partial charge in [0.25, 0.3) is 0 Å². The fourth-order valence-electron chi connectivity index (χ4n) is 3.88. The average Bonchev–Trinajstić information content (AvgIpc) is 2.85. The Balaban J connectivity index is 1.53. The number of hydrogen-bond acceptors (Lipinski definition) is 4. The lowest BCUT2D eigenvalue weighted by Gasteiger charge is -2.12. The molecule has 4 nitrogen and oxygen atoms in total. The Morgan fingerprint density at radius 2 is 1.67 bits per heavy atom. The highest BCUT2D eigenvalue weighted by atomic mass is 16.5. The number of aryl methyl sites for hydroxylation is 1. The van der Waals surface area contributed by atoms with Crippen LogP contribution >= 0.6 is 0 Å². The molecule has 3 aromatic carbocycles. The van der Waals surface area contributed by atoms with E-state index in [9.17, 15) is 9.59 Å². The predicted octanol–water partition coefficient (Wildman–Crippen LogP) is 7.06. The molecule has 0 aliphatic rings. The minimum atomic E-state index is -0.500. The quantitative estimate of drug-likeness (QED) is 0.128. The van der Waals surface area contributed by atoms with Crippen molar-refractivity contribution in [2.24, 2.45) is 0 Å². The first-order valence-corrected chi connectivity index (χ1v) is 11.4. The van der Waals surface area contributed by atoms with Crippen molar-refractivity contribution in [1.82, 2.24) is 4.98 Å². The maximum Gasteiger partial charge on any atom is 0.343 e. The molecule has 0 N–H and O–H groups in total. The molecule has 0 bridgehead atoms. The molecule has 0 spiro atoms. The summed E-state index contributed by atoms with van der Waals surface area (Å²) in [6.45, 7) is 3.67. The number of aromatic nitrogens is 1. The number of esters is 1. The molecule has 1 aromatic heterocycles. The van der Waals surface area contributed by atoms with E-state index >= 15 is 0 Å². The standard InChI is InChI=1S/C29H27NO3/c1-3-4-5-8-21-11-18-27(30-19-21)23-12-14-24(15-13-23)29(32)33-28-25(20(2)31)17-16-22-9-6-7-10-26(22)28/h6-7,9-19H,3-5,8H2,1-2H3. The number of Topliss-reactive ketones (excluding diaryl/α,β-unsaturated/α-hetero) is 1. The molecule has 4 aromatic rings. The van der Waals surface area contributed by atoms with Gasteiger partial charge in [-0.2, -0.15) is 0 Å². The number of carbonyl (C=O) groups excluding carboxylic acids is 2. The van der Waals surface area contributed by atoms with E-state index in [1.807, 2.05) is 54.7 Å². The molecule has 1 heterocycles. The number of hydrogen-bond donors (Lipinski definition) is 0. The van der Waals surface area contributed by atoms with E-state index < -0.39 is 5.97 Å². The summed E-state index contributed by atoms with van der Waals surface area (Å²) >= 11 is 0. The van der Waals surface area contributed by atoms with Crippen molar-refractivity contribution in [2.75, 3.05) is 0 Å². The molecule has 0 fully saturated rings. The molecule has 33 heavy (non-hydrogen) atoms. The zero-order valence-corrected chi connectivity index (χ0v) is 19.0. The number of benzene rings is 3.